The van der Waals surface area contributed by atoms with E-state index in [-0.39, 0.29) is 23.8 Å². The van der Waals surface area contributed by atoms with Crippen LogP contribution in [0.5, 0.6) is 0 Å². The molecule has 15 heavy (non-hydrogen) atoms. The number of carbonyl (C=O) groups excluding carboxylic acids is 1. The Kier molecular flexibility index (Phi) is 3.57. The van der Waals surface area contributed by atoms with Gasteiger partial charge >= 0.3 is 0 Å². The molecule has 2 aliphatic rings. The van der Waals surface area contributed by atoms with Gasteiger partial charge in [0.2, 0.25) is 5.91 Å². The first-order valence-corrected chi connectivity index (χ1v) is 6.88. The molecule has 0 spiro atoms. The van der Waals surface area contributed by atoms with Crippen molar-refractivity contribution in [1.29, 1.82) is 0 Å². The van der Waals surface area contributed by atoms with Gasteiger partial charge in [-0.2, -0.15) is 11.8 Å². The third-order valence-electron chi connectivity index (χ3n) is 3.54. The Morgan fingerprint density at radius 1 is 1.53 bits per heavy atom. The van der Waals surface area contributed by atoms with Gasteiger partial charge in [-0.1, -0.05) is 0 Å². The summed E-state index contributed by atoms with van der Waals surface area (Å²) < 4.78 is 0. The monoisotopic (exact) mass is 229 g/mol. The summed E-state index contributed by atoms with van der Waals surface area (Å²) in [5.41, 5.74) is 0.246. The van der Waals surface area contributed by atoms with E-state index in [0.717, 1.165) is 43.7 Å². The first kappa shape index (κ1) is 11.3. The highest BCUT2D eigenvalue weighted by molar-refractivity contribution is 7.99. The predicted octanol–water partition coefficient (Wildman–Crippen LogP) is 1.02. The molecular formula is C11H19NO2S. The van der Waals surface area contributed by atoms with Crippen molar-refractivity contribution >= 4 is 17.7 Å². The Morgan fingerprint density at radius 3 is 2.87 bits per heavy atom. The summed E-state index contributed by atoms with van der Waals surface area (Å²) in [5.74, 6) is 2.57. The lowest BCUT2D eigenvalue weighted by molar-refractivity contribution is -0.124. The zero-order valence-electron chi connectivity index (χ0n) is 9.00. The molecule has 86 valence electrons. The quantitative estimate of drug-likeness (QED) is 0.740. The zero-order valence-corrected chi connectivity index (χ0v) is 9.81. The van der Waals surface area contributed by atoms with Gasteiger partial charge in [-0.05, 0) is 36.9 Å². The van der Waals surface area contributed by atoms with E-state index in [0.29, 0.717) is 0 Å². The highest BCUT2D eigenvalue weighted by atomic mass is 32.2. The second kappa shape index (κ2) is 4.74. The van der Waals surface area contributed by atoms with Gasteiger partial charge in [-0.25, -0.2) is 0 Å². The number of nitrogens with one attached hydrogen (secondary N) is 1. The van der Waals surface area contributed by atoms with Gasteiger partial charge in [0.15, 0.2) is 0 Å². The molecule has 0 bridgehead atoms. The van der Waals surface area contributed by atoms with Crippen LogP contribution in [0.3, 0.4) is 0 Å². The van der Waals surface area contributed by atoms with Crippen LogP contribution in [0.2, 0.25) is 0 Å². The van der Waals surface area contributed by atoms with Crippen molar-refractivity contribution in [2.45, 2.75) is 25.7 Å². The number of rotatable bonds is 5. The number of aliphatic hydroxyl groups is 1. The molecule has 0 aromatic rings. The molecular weight excluding hydrogens is 210 g/mol. The average molecular weight is 229 g/mol. The largest absolute Gasteiger partial charge is 0.396 e. The lowest BCUT2D eigenvalue weighted by atomic mass is 10.0. The summed E-state index contributed by atoms with van der Waals surface area (Å²) in [6, 6.07) is 0. The molecule has 3 nitrogen and oxygen atoms in total. The SMILES string of the molecule is O=C(NCC1(CCO)CC1)C1CCSC1. The topological polar surface area (TPSA) is 49.3 Å². The van der Waals surface area contributed by atoms with Crippen LogP contribution in [0, 0.1) is 11.3 Å². The van der Waals surface area contributed by atoms with E-state index < -0.39 is 0 Å². The van der Waals surface area contributed by atoms with Crippen LogP contribution in [0.25, 0.3) is 0 Å². The molecule has 1 amide bonds. The highest BCUT2D eigenvalue weighted by Crippen LogP contribution is 2.47. The van der Waals surface area contributed by atoms with Crippen LogP contribution in [0.4, 0.5) is 0 Å². The minimum absolute atomic E-state index is 0.226. The molecule has 1 saturated heterocycles. The third kappa shape index (κ3) is 2.88. The molecule has 4 heteroatoms. The molecule has 1 saturated carbocycles. The van der Waals surface area contributed by atoms with Crippen molar-refractivity contribution in [3.63, 3.8) is 0 Å². The van der Waals surface area contributed by atoms with Gasteiger partial charge in [-0.3, -0.25) is 4.79 Å². The fraction of sp³-hybridized carbons (Fsp3) is 0.909. The van der Waals surface area contributed by atoms with Gasteiger partial charge in [0.25, 0.3) is 0 Å². The molecule has 2 rings (SSSR count). The first-order valence-electron chi connectivity index (χ1n) is 5.72. The lowest BCUT2D eigenvalue weighted by Crippen LogP contribution is -2.35. The fourth-order valence-electron chi connectivity index (χ4n) is 2.09. The van der Waals surface area contributed by atoms with Crippen molar-refractivity contribution in [2.24, 2.45) is 11.3 Å². The van der Waals surface area contributed by atoms with Crippen LogP contribution >= 0.6 is 11.8 Å². The van der Waals surface area contributed by atoms with Crippen LogP contribution < -0.4 is 5.32 Å². The summed E-state index contributed by atoms with van der Waals surface area (Å²) in [4.78, 5) is 11.7. The molecule has 1 aliphatic heterocycles. The Bertz CT molecular complexity index is 235. The second-order valence-corrected chi connectivity index (χ2v) is 5.90. The van der Waals surface area contributed by atoms with E-state index in [1.54, 1.807) is 0 Å². The minimum Gasteiger partial charge on any atom is -0.396 e. The minimum atomic E-state index is 0.226. The van der Waals surface area contributed by atoms with Gasteiger partial charge in [0.1, 0.15) is 0 Å². The Morgan fingerprint density at radius 2 is 2.33 bits per heavy atom. The molecule has 0 radical (unpaired) electrons. The van der Waals surface area contributed by atoms with Crippen molar-refractivity contribution in [2.75, 3.05) is 24.7 Å². The fourth-order valence-corrected chi connectivity index (χ4v) is 3.31. The van der Waals surface area contributed by atoms with E-state index in [4.69, 9.17) is 5.11 Å². The second-order valence-electron chi connectivity index (χ2n) is 4.75. The van der Waals surface area contributed by atoms with Crippen LogP contribution in [0.15, 0.2) is 0 Å². The maximum atomic E-state index is 11.7. The number of hydrogen-bond acceptors (Lipinski definition) is 3. The molecule has 0 aromatic carbocycles. The van der Waals surface area contributed by atoms with Crippen molar-refractivity contribution in [3.8, 4) is 0 Å². The Hall–Kier alpha value is -0.220. The Balaban J connectivity index is 1.70. The number of aliphatic hydroxyl groups excluding tert-OH is 1. The standard InChI is InChI=1S/C11H19NO2S/c13-5-4-11(2-3-11)8-12-10(14)9-1-6-15-7-9/h9,13H,1-8H2,(H,12,14). The van der Waals surface area contributed by atoms with E-state index >= 15 is 0 Å². The van der Waals surface area contributed by atoms with E-state index in [2.05, 4.69) is 5.32 Å². The average Bonchev–Trinajstić information content (AvgIpc) is 2.81. The maximum absolute atomic E-state index is 11.7. The van der Waals surface area contributed by atoms with Gasteiger partial charge in [0.05, 0.1) is 0 Å². The van der Waals surface area contributed by atoms with Crippen molar-refractivity contribution < 1.29 is 9.90 Å². The molecule has 1 atom stereocenters. The van der Waals surface area contributed by atoms with E-state index in [1.165, 1.54) is 0 Å². The molecule has 1 heterocycles. The summed E-state index contributed by atoms with van der Waals surface area (Å²) >= 11 is 1.87. The number of amides is 1. The van der Waals surface area contributed by atoms with Gasteiger partial charge in [0, 0.05) is 24.8 Å². The van der Waals surface area contributed by atoms with Gasteiger partial charge < -0.3 is 10.4 Å². The predicted molar refractivity (Wildman–Crippen MR) is 61.8 cm³/mol. The zero-order chi connectivity index (χ0) is 10.7. The number of carbonyl (C=O) groups is 1. The van der Waals surface area contributed by atoms with E-state index in [1.807, 2.05) is 11.8 Å². The summed E-state index contributed by atoms with van der Waals surface area (Å²) in [5, 5.41) is 12.0. The smallest absolute Gasteiger partial charge is 0.223 e. The maximum Gasteiger partial charge on any atom is 0.223 e. The van der Waals surface area contributed by atoms with Crippen LogP contribution in [-0.4, -0.2) is 35.7 Å². The lowest BCUT2D eigenvalue weighted by Gasteiger charge is -2.16. The van der Waals surface area contributed by atoms with Gasteiger partial charge in [-0.15, -0.1) is 0 Å². The molecule has 1 aliphatic carbocycles. The molecule has 0 aromatic heterocycles. The summed E-state index contributed by atoms with van der Waals surface area (Å²) in [7, 11) is 0. The van der Waals surface area contributed by atoms with Crippen molar-refractivity contribution in [3.05, 3.63) is 0 Å². The highest BCUT2D eigenvalue weighted by Gasteiger charge is 2.42. The molecule has 2 fully saturated rings. The van der Waals surface area contributed by atoms with E-state index in [9.17, 15) is 4.79 Å². The number of hydrogen-bond donors (Lipinski definition) is 2. The third-order valence-corrected chi connectivity index (χ3v) is 4.70. The normalized spacial score (nSPS) is 27.7. The molecule has 2 N–H and O–H groups in total. The molecule has 1 unspecified atom stereocenters. The summed E-state index contributed by atoms with van der Waals surface area (Å²) in [6.45, 7) is 1.02. The van der Waals surface area contributed by atoms with Crippen molar-refractivity contribution in [1.82, 2.24) is 5.32 Å². The number of thioether (sulfide) groups is 1. The Labute approximate surface area is 95.0 Å². The van der Waals surface area contributed by atoms with Crippen LogP contribution in [-0.2, 0) is 4.79 Å². The summed E-state index contributed by atoms with van der Waals surface area (Å²) in [6.07, 6.45) is 4.19. The van der Waals surface area contributed by atoms with Crippen LogP contribution in [0.1, 0.15) is 25.7 Å². The first-order chi connectivity index (χ1) is 7.26.